The number of piperazine rings is 1. The number of hydrogen-bond acceptors (Lipinski definition) is 5. The van der Waals surface area contributed by atoms with E-state index in [1.54, 1.807) is 0 Å². The minimum absolute atomic E-state index is 0.459. The minimum Gasteiger partial charge on any atom is -0.367 e. The van der Waals surface area contributed by atoms with E-state index in [0.29, 0.717) is 6.04 Å². The molecule has 1 aliphatic heterocycles. The molecule has 0 bridgehead atoms. The van der Waals surface area contributed by atoms with Crippen LogP contribution in [0.4, 0.5) is 11.5 Å². The summed E-state index contributed by atoms with van der Waals surface area (Å²) >= 11 is 0. The summed E-state index contributed by atoms with van der Waals surface area (Å²) in [6.07, 6.45) is 4.23. The van der Waals surface area contributed by atoms with Crippen molar-refractivity contribution in [1.82, 2.24) is 15.3 Å². The van der Waals surface area contributed by atoms with Gasteiger partial charge in [0.05, 0.1) is 5.69 Å². The number of aromatic nitrogens is 2. The second-order valence-corrected chi connectivity index (χ2v) is 8.75. The van der Waals surface area contributed by atoms with Gasteiger partial charge in [0.1, 0.15) is 5.69 Å². The third-order valence-corrected chi connectivity index (χ3v) is 6.23. The summed E-state index contributed by atoms with van der Waals surface area (Å²) in [6, 6.07) is 7.09. The fraction of sp³-hybridized carbons (Fsp3) is 0.615. The van der Waals surface area contributed by atoms with Crippen molar-refractivity contribution in [2.45, 2.75) is 73.3 Å². The van der Waals surface area contributed by atoms with Crippen molar-refractivity contribution in [3.05, 3.63) is 35.0 Å². The van der Waals surface area contributed by atoms with Crippen LogP contribution in [-0.2, 0) is 12.8 Å². The van der Waals surface area contributed by atoms with Gasteiger partial charge in [0, 0.05) is 44.3 Å². The third-order valence-electron chi connectivity index (χ3n) is 6.23. The molecule has 0 aliphatic carbocycles. The molecule has 2 aromatic rings. The predicted octanol–water partition coefficient (Wildman–Crippen LogP) is 5.00. The van der Waals surface area contributed by atoms with Crippen LogP contribution in [0, 0.1) is 6.92 Å². The summed E-state index contributed by atoms with van der Waals surface area (Å²) in [4.78, 5) is 15.4. The number of rotatable bonds is 9. The van der Waals surface area contributed by atoms with Gasteiger partial charge in [-0.1, -0.05) is 45.9 Å². The Morgan fingerprint density at radius 2 is 1.68 bits per heavy atom. The molecular formula is C26H41N5. The summed E-state index contributed by atoms with van der Waals surface area (Å²) in [5.41, 5.74) is 6.24. The van der Waals surface area contributed by atoms with E-state index in [4.69, 9.17) is 9.97 Å². The summed E-state index contributed by atoms with van der Waals surface area (Å²) < 4.78 is 0. The summed E-state index contributed by atoms with van der Waals surface area (Å²) in [5, 5.41) is 3.58. The highest BCUT2D eigenvalue weighted by molar-refractivity contribution is 5.75. The number of hydrogen-bond donors (Lipinski definition) is 1. The molecule has 5 heteroatoms. The molecule has 31 heavy (non-hydrogen) atoms. The summed E-state index contributed by atoms with van der Waals surface area (Å²) in [5.74, 6) is 2.01. The van der Waals surface area contributed by atoms with E-state index < -0.39 is 0 Å². The van der Waals surface area contributed by atoms with Gasteiger partial charge in [-0.2, -0.15) is 0 Å². The van der Waals surface area contributed by atoms with Gasteiger partial charge in [-0.15, -0.1) is 0 Å². The van der Waals surface area contributed by atoms with Crippen LogP contribution in [0.3, 0.4) is 0 Å². The Bertz CT molecular complexity index is 835. The van der Waals surface area contributed by atoms with Gasteiger partial charge < -0.3 is 15.1 Å². The van der Waals surface area contributed by atoms with Crippen LogP contribution in [0.25, 0.3) is 11.4 Å². The first-order chi connectivity index (χ1) is 15.0. The van der Waals surface area contributed by atoms with E-state index >= 15 is 0 Å². The Balaban J connectivity index is 2.21. The first kappa shape index (κ1) is 23.5. The van der Waals surface area contributed by atoms with Crippen molar-refractivity contribution in [1.29, 1.82) is 0 Å². The Morgan fingerprint density at radius 1 is 1.03 bits per heavy atom. The molecule has 1 N–H and O–H groups in total. The molecule has 1 aromatic heterocycles. The van der Waals surface area contributed by atoms with Crippen LogP contribution in [-0.4, -0.2) is 48.7 Å². The van der Waals surface area contributed by atoms with Gasteiger partial charge in [0.2, 0.25) is 0 Å². The highest BCUT2D eigenvalue weighted by Gasteiger charge is 2.26. The lowest BCUT2D eigenvalue weighted by atomic mass is 9.96. The molecule has 1 unspecified atom stereocenters. The van der Waals surface area contributed by atoms with Gasteiger partial charge >= 0.3 is 0 Å². The second kappa shape index (κ2) is 10.9. The van der Waals surface area contributed by atoms with Crippen molar-refractivity contribution in [2.75, 3.05) is 42.5 Å². The smallest absolute Gasteiger partial charge is 0.162 e. The van der Waals surface area contributed by atoms with Gasteiger partial charge in [-0.05, 0) is 50.7 Å². The first-order valence-corrected chi connectivity index (χ1v) is 12.3. The molecule has 0 spiro atoms. The van der Waals surface area contributed by atoms with E-state index in [1.165, 1.54) is 22.4 Å². The molecule has 1 aromatic carbocycles. The van der Waals surface area contributed by atoms with Gasteiger partial charge in [-0.3, -0.25) is 0 Å². The molecule has 1 saturated heterocycles. The lowest BCUT2D eigenvalue weighted by Crippen LogP contribution is -2.50. The van der Waals surface area contributed by atoms with E-state index in [0.717, 1.165) is 75.7 Å². The third kappa shape index (κ3) is 5.20. The maximum Gasteiger partial charge on any atom is 0.162 e. The van der Waals surface area contributed by atoms with Crippen LogP contribution >= 0.6 is 0 Å². The van der Waals surface area contributed by atoms with E-state index in [-0.39, 0.29) is 0 Å². The molecular weight excluding hydrogens is 382 g/mol. The van der Waals surface area contributed by atoms with Gasteiger partial charge in [0.15, 0.2) is 11.6 Å². The molecule has 1 aliphatic rings. The molecule has 5 nitrogen and oxygen atoms in total. The zero-order valence-corrected chi connectivity index (χ0v) is 20.5. The Morgan fingerprint density at radius 3 is 2.23 bits per heavy atom. The molecule has 0 radical (unpaired) electrons. The lowest BCUT2D eigenvalue weighted by molar-refractivity contribution is 0.482. The Labute approximate surface area is 189 Å². The fourth-order valence-electron chi connectivity index (χ4n) is 4.78. The second-order valence-electron chi connectivity index (χ2n) is 8.75. The van der Waals surface area contributed by atoms with Crippen LogP contribution in [0.2, 0.25) is 0 Å². The van der Waals surface area contributed by atoms with E-state index in [9.17, 15) is 0 Å². The monoisotopic (exact) mass is 423 g/mol. The SMILES string of the molecule is CCCN(CCC)c1c(C)nc(-c2c(CC)cccc2CC)nc1N1CCNC(C)C1. The average molecular weight is 424 g/mol. The molecule has 3 rings (SSSR count). The van der Waals surface area contributed by atoms with E-state index in [1.807, 2.05) is 0 Å². The number of anilines is 2. The van der Waals surface area contributed by atoms with Gasteiger partial charge in [0.25, 0.3) is 0 Å². The average Bonchev–Trinajstić information content (AvgIpc) is 2.77. The highest BCUT2D eigenvalue weighted by Crippen LogP contribution is 2.35. The number of benzene rings is 1. The highest BCUT2D eigenvalue weighted by atomic mass is 15.3. The van der Waals surface area contributed by atoms with Crippen LogP contribution in [0.5, 0.6) is 0 Å². The maximum atomic E-state index is 5.31. The number of nitrogens with one attached hydrogen (secondary N) is 1. The maximum absolute atomic E-state index is 5.31. The topological polar surface area (TPSA) is 44.3 Å². The van der Waals surface area contributed by atoms with Crippen molar-refractivity contribution >= 4 is 11.5 Å². The van der Waals surface area contributed by atoms with Crippen LogP contribution < -0.4 is 15.1 Å². The van der Waals surface area contributed by atoms with Crippen molar-refractivity contribution in [3.63, 3.8) is 0 Å². The standard InChI is InChI=1S/C26H41N5/c1-7-15-30(16-8-2)24-20(6)28-25(23-21(9-3)12-11-13-22(23)10-4)29-26(24)31-17-14-27-19(5)18-31/h11-13,19,27H,7-10,14-18H2,1-6H3. The zero-order valence-electron chi connectivity index (χ0n) is 20.5. The zero-order chi connectivity index (χ0) is 22.4. The van der Waals surface area contributed by atoms with Crippen molar-refractivity contribution < 1.29 is 0 Å². The minimum atomic E-state index is 0.459. The molecule has 0 saturated carbocycles. The quantitative estimate of drug-likeness (QED) is 0.615. The Kier molecular flexibility index (Phi) is 8.30. The Hall–Kier alpha value is -2.14. The van der Waals surface area contributed by atoms with E-state index in [2.05, 4.69) is 74.9 Å². The number of nitrogens with zero attached hydrogens (tertiary/aromatic N) is 4. The lowest BCUT2D eigenvalue weighted by Gasteiger charge is -2.37. The number of aryl methyl sites for hydroxylation is 3. The molecule has 170 valence electrons. The largest absolute Gasteiger partial charge is 0.367 e. The summed E-state index contributed by atoms with van der Waals surface area (Å²) in [6.45, 7) is 18.4. The van der Waals surface area contributed by atoms with Crippen molar-refractivity contribution in [2.24, 2.45) is 0 Å². The summed E-state index contributed by atoms with van der Waals surface area (Å²) in [7, 11) is 0. The normalized spacial score (nSPS) is 16.6. The molecule has 1 fully saturated rings. The first-order valence-electron chi connectivity index (χ1n) is 12.3. The van der Waals surface area contributed by atoms with Crippen LogP contribution in [0.15, 0.2) is 18.2 Å². The van der Waals surface area contributed by atoms with Crippen molar-refractivity contribution in [3.8, 4) is 11.4 Å². The van der Waals surface area contributed by atoms with Gasteiger partial charge in [-0.25, -0.2) is 9.97 Å². The molecule has 1 atom stereocenters. The molecule has 0 amide bonds. The molecule has 2 heterocycles. The van der Waals surface area contributed by atoms with Crippen LogP contribution in [0.1, 0.15) is 64.3 Å². The fourth-order valence-corrected chi connectivity index (χ4v) is 4.78. The predicted molar refractivity (Wildman–Crippen MR) is 133 cm³/mol.